The Balaban J connectivity index is 2.09. The molecule has 0 unspecified atom stereocenters. The third kappa shape index (κ3) is 0.243. The number of ether oxygens (including phenoxy) is 1. The predicted molar refractivity (Wildman–Crippen MR) is 22.5 cm³/mol. The van der Waals surface area contributed by atoms with Crippen LogP contribution < -0.4 is 0 Å². The summed E-state index contributed by atoms with van der Waals surface area (Å²) in [5.74, 6) is 0.991. The third-order valence-electron chi connectivity index (χ3n) is 1.68. The summed E-state index contributed by atoms with van der Waals surface area (Å²) in [5.41, 5.74) is 0. The summed E-state index contributed by atoms with van der Waals surface area (Å²) < 4.78 is 5.23. The van der Waals surface area contributed by atoms with E-state index < -0.39 is 0 Å². The number of hydrogen-bond acceptors (Lipinski definition) is 1. The average molecular weight is 84.1 g/mol. The van der Waals surface area contributed by atoms with Crippen LogP contribution in [0.2, 0.25) is 0 Å². The van der Waals surface area contributed by atoms with Gasteiger partial charge < -0.3 is 4.74 Å². The topological polar surface area (TPSA) is 9.23 Å². The molecule has 0 aromatic carbocycles. The maximum Gasteiger partial charge on any atom is 0.0608 e. The standard InChI is InChI=1S/C5H8O/c1-2-6-5-3-4(1)5/h4-5H,1-3H2/t4-,5-/m1/s1. The summed E-state index contributed by atoms with van der Waals surface area (Å²) in [6.07, 6.45) is 3.41. The lowest BCUT2D eigenvalue weighted by molar-refractivity contribution is 0.156. The lowest BCUT2D eigenvalue weighted by Gasteiger charge is -1.86. The monoisotopic (exact) mass is 84.1 g/mol. The summed E-state index contributed by atoms with van der Waals surface area (Å²) >= 11 is 0. The van der Waals surface area contributed by atoms with Gasteiger partial charge in [-0.1, -0.05) is 0 Å². The highest BCUT2D eigenvalue weighted by molar-refractivity contribution is 4.91. The first-order chi connectivity index (χ1) is 2.97. The first-order valence-electron chi connectivity index (χ1n) is 2.58. The second kappa shape index (κ2) is 0.784. The Labute approximate surface area is 37.3 Å². The summed E-state index contributed by atoms with van der Waals surface area (Å²) in [7, 11) is 0. The molecule has 0 amide bonds. The van der Waals surface area contributed by atoms with Crippen molar-refractivity contribution in [2.24, 2.45) is 5.92 Å². The van der Waals surface area contributed by atoms with E-state index in [4.69, 9.17) is 4.74 Å². The Morgan fingerprint density at radius 1 is 1.50 bits per heavy atom. The van der Waals surface area contributed by atoms with Gasteiger partial charge in [0.05, 0.1) is 6.10 Å². The fourth-order valence-corrected chi connectivity index (χ4v) is 1.10. The molecule has 0 N–H and O–H groups in total. The Morgan fingerprint density at radius 3 is 2.67 bits per heavy atom. The highest BCUT2D eigenvalue weighted by atomic mass is 16.5. The van der Waals surface area contributed by atoms with Crippen molar-refractivity contribution in [1.82, 2.24) is 0 Å². The lowest BCUT2D eigenvalue weighted by Crippen LogP contribution is -1.84. The molecule has 2 rings (SSSR count). The number of fused-ring (bicyclic) bond motifs is 1. The molecule has 0 aromatic heterocycles. The molecule has 2 atom stereocenters. The number of hydrogen-bond donors (Lipinski definition) is 0. The van der Waals surface area contributed by atoms with Crippen LogP contribution >= 0.6 is 0 Å². The molecule has 1 saturated carbocycles. The molecular formula is C5H8O. The Hall–Kier alpha value is -0.0400. The van der Waals surface area contributed by atoms with Gasteiger partial charge in [0.2, 0.25) is 0 Å². The van der Waals surface area contributed by atoms with Gasteiger partial charge in [0.25, 0.3) is 0 Å². The summed E-state index contributed by atoms with van der Waals surface area (Å²) in [5, 5.41) is 0. The largest absolute Gasteiger partial charge is 0.378 e. The van der Waals surface area contributed by atoms with E-state index in [0.717, 1.165) is 12.5 Å². The molecule has 1 aliphatic heterocycles. The van der Waals surface area contributed by atoms with Crippen LogP contribution in [0.25, 0.3) is 0 Å². The summed E-state index contributed by atoms with van der Waals surface area (Å²) in [4.78, 5) is 0. The van der Waals surface area contributed by atoms with Crippen LogP contribution in [0.4, 0.5) is 0 Å². The highest BCUT2D eigenvalue weighted by Gasteiger charge is 2.42. The smallest absolute Gasteiger partial charge is 0.0608 e. The van der Waals surface area contributed by atoms with Gasteiger partial charge in [0, 0.05) is 6.61 Å². The van der Waals surface area contributed by atoms with Gasteiger partial charge in [-0.15, -0.1) is 0 Å². The zero-order valence-corrected chi connectivity index (χ0v) is 3.68. The zero-order chi connectivity index (χ0) is 3.98. The van der Waals surface area contributed by atoms with Gasteiger partial charge in [0.1, 0.15) is 0 Å². The minimum atomic E-state index is 0.713. The molecule has 0 spiro atoms. The lowest BCUT2D eigenvalue weighted by atomic mass is 10.3. The molecule has 0 aromatic rings. The van der Waals surface area contributed by atoms with Gasteiger partial charge in [-0.25, -0.2) is 0 Å². The normalized spacial score (nSPS) is 52.0. The molecule has 1 saturated heterocycles. The fraction of sp³-hybridized carbons (Fsp3) is 1.00. The van der Waals surface area contributed by atoms with E-state index in [1.807, 2.05) is 0 Å². The maximum atomic E-state index is 5.23. The van der Waals surface area contributed by atoms with Gasteiger partial charge in [-0.05, 0) is 18.8 Å². The Kier molecular flexibility index (Phi) is 0.396. The molecule has 34 valence electrons. The summed E-state index contributed by atoms with van der Waals surface area (Å²) in [6, 6.07) is 0. The molecule has 6 heavy (non-hydrogen) atoms. The predicted octanol–water partition coefficient (Wildman–Crippen LogP) is 0.795. The third-order valence-corrected chi connectivity index (χ3v) is 1.68. The second-order valence-electron chi connectivity index (χ2n) is 2.19. The quantitative estimate of drug-likeness (QED) is 0.421. The second-order valence-corrected chi connectivity index (χ2v) is 2.19. The van der Waals surface area contributed by atoms with Crippen LogP contribution in [-0.4, -0.2) is 12.7 Å². The van der Waals surface area contributed by atoms with Crippen molar-refractivity contribution in [3.8, 4) is 0 Å². The van der Waals surface area contributed by atoms with Crippen LogP contribution in [0.3, 0.4) is 0 Å². The van der Waals surface area contributed by atoms with Gasteiger partial charge in [-0.2, -0.15) is 0 Å². The number of rotatable bonds is 0. The van der Waals surface area contributed by atoms with Gasteiger partial charge >= 0.3 is 0 Å². The highest BCUT2D eigenvalue weighted by Crippen LogP contribution is 2.41. The summed E-state index contributed by atoms with van der Waals surface area (Å²) in [6.45, 7) is 1.04. The molecule has 1 aliphatic carbocycles. The average Bonchev–Trinajstić information content (AvgIpc) is 2.17. The van der Waals surface area contributed by atoms with Crippen LogP contribution in [0.15, 0.2) is 0 Å². The van der Waals surface area contributed by atoms with Crippen molar-refractivity contribution in [3.05, 3.63) is 0 Å². The first-order valence-corrected chi connectivity index (χ1v) is 2.58. The van der Waals surface area contributed by atoms with E-state index in [0.29, 0.717) is 6.10 Å². The van der Waals surface area contributed by atoms with Crippen molar-refractivity contribution < 1.29 is 4.74 Å². The minimum Gasteiger partial charge on any atom is -0.378 e. The van der Waals surface area contributed by atoms with Crippen molar-refractivity contribution in [2.75, 3.05) is 6.61 Å². The molecular weight excluding hydrogens is 76.1 g/mol. The fourth-order valence-electron chi connectivity index (χ4n) is 1.10. The van der Waals surface area contributed by atoms with E-state index in [-0.39, 0.29) is 0 Å². The van der Waals surface area contributed by atoms with Crippen LogP contribution in [0.5, 0.6) is 0 Å². The maximum absolute atomic E-state index is 5.23. The Morgan fingerprint density at radius 2 is 2.50 bits per heavy atom. The molecule has 1 heteroatoms. The zero-order valence-electron chi connectivity index (χ0n) is 3.68. The minimum absolute atomic E-state index is 0.713. The molecule has 2 fully saturated rings. The first kappa shape index (κ1) is 3.03. The van der Waals surface area contributed by atoms with Gasteiger partial charge in [-0.3, -0.25) is 0 Å². The van der Waals surface area contributed by atoms with Crippen molar-refractivity contribution in [3.63, 3.8) is 0 Å². The van der Waals surface area contributed by atoms with E-state index in [1.54, 1.807) is 0 Å². The SMILES string of the molecule is C1C[C@@H]2C[C@H]2O1. The van der Waals surface area contributed by atoms with Crippen molar-refractivity contribution >= 4 is 0 Å². The molecule has 1 heterocycles. The van der Waals surface area contributed by atoms with Crippen LogP contribution in [0, 0.1) is 5.92 Å². The van der Waals surface area contributed by atoms with Crippen molar-refractivity contribution in [1.29, 1.82) is 0 Å². The van der Waals surface area contributed by atoms with E-state index in [1.165, 1.54) is 12.8 Å². The van der Waals surface area contributed by atoms with Crippen LogP contribution in [0.1, 0.15) is 12.8 Å². The molecule has 2 aliphatic rings. The van der Waals surface area contributed by atoms with Crippen molar-refractivity contribution in [2.45, 2.75) is 18.9 Å². The molecule has 0 bridgehead atoms. The molecule has 0 radical (unpaired) electrons. The van der Waals surface area contributed by atoms with E-state index >= 15 is 0 Å². The van der Waals surface area contributed by atoms with Gasteiger partial charge in [0.15, 0.2) is 0 Å². The van der Waals surface area contributed by atoms with Crippen LogP contribution in [-0.2, 0) is 4.74 Å². The van der Waals surface area contributed by atoms with E-state index in [9.17, 15) is 0 Å². The molecule has 1 nitrogen and oxygen atoms in total. The van der Waals surface area contributed by atoms with E-state index in [2.05, 4.69) is 0 Å². The Bertz CT molecular complexity index is 62.3.